The molecule has 5 heteroatoms. The normalized spacial score (nSPS) is 16.1. The average molecular weight is 251 g/mol. The Labute approximate surface area is 105 Å². The number of anilines is 1. The second-order valence-electron chi connectivity index (χ2n) is 4.45. The van der Waals surface area contributed by atoms with E-state index in [1.54, 1.807) is 0 Å². The first kappa shape index (κ1) is 10.8. The maximum atomic E-state index is 5.95. The fourth-order valence-corrected chi connectivity index (χ4v) is 2.36. The Kier molecular flexibility index (Phi) is 2.67. The summed E-state index contributed by atoms with van der Waals surface area (Å²) in [5.74, 6) is 0.872. The molecule has 0 unspecified atom stereocenters. The molecule has 0 amide bonds. The van der Waals surface area contributed by atoms with Gasteiger partial charge in [-0.15, -0.1) is 0 Å². The molecule has 3 rings (SSSR count). The zero-order valence-electron chi connectivity index (χ0n) is 9.78. The molecule has 90 valence electrons. The third kappa shape index (κ3) is 1.86. The average Bonchev–Trinajstić information content (AvgIpc) is 2.65. The van der Waals surface area contributed by atoms with Crippen molar-refractivity contribution in [1.29, 1.82) is 0 Å². The van der Waals surface area contributed by atoms with Gasteiger partial charge in [0.15, 0.2) is 5.82 Å². The smallest absolute Gasteiger partial charge is 0.225 e. The lowest BCUT2D eigenvalue weighted by molar-refractivity contribution is 0.444. The SMILES string of the molecule is CCn1ccc2nc(Cl)nc(NC3CCC3)c21. The van der Waals surface area contributed by atoms with Crippen molar-refractivity contribution in [3.05, 3.63) is 17.5 Å². The number of rotatable bonds is 3. The monoisotopic (exact) mass is 250 g/mol. The Bertz CT molecular complexity index is 545. The lowest BCUT2D eigenvalue weighted by Crippen LogP contribution is -2.27. The molecule has 0 aromatic carbocycles. The number of nitrogens with zero attached hydrogens (tertiary/aromatic N) is 3. The molecule has 4 nitrogen and oxygen atoms in total. The Morgan fingerprint density at radius 3 is 2.94 bits per heavy atom. The molecule has 1 saturated carbocycles. The molecule has 1 aliphatic carbocycles. The van der Waals surface area contributed by atoms with Crippen LogP contribution in [0.5, 0.6) is 0 Å². The van der Waals surface area contributed by atoms with Gasteiger partial charge in [0.2, 0.25) is 5.28 Å². The summed E-state index contributed by atoms with van der Waals surface area (Å²) in [6, 6.07) is 2.53. The number of fused-ring (bicyclic) bond motifs is 1. The van der Waals surface area contributed by atoms with E-state index >= 15 is 0 Å². The van der Waals surface area contributed by atoms with Crippen LogP contribution in [0.25, 0.3) is 11.0 Å². The van der Waals surface area contributed by atoms with Crippen LogP contribution < -0.4 is 5.32 Å². The van der Waals surface area contributed by atoms with Crippen LogP contribution >= 0.6 is 11.6 Å². The van der Waals surface area contributed by atoms with Crippen molar-refractivity contribution in [2.24, 2.45) is 0 Å². The van der Waals surface area contributed by atoms with E-state index in [4.69, 9.17) is 11.6 Å². The highest BCUT2D eigenvalue weighted by atomic mass is 35.5. The molecule has 0 radical (unpaired) electrons. The third-order valence-corrected chi connectivity index (χ3v) is 3.54. The Morgan fingerprint density at radius 2 is 2.29 bits per heavy atom. The fourth-order valence-electron chi connectivity index (χ4n) is 2.19. The molecule has 0 atom stereocenters. The van der Waals surface area contributed by atoms with Crippen LogP contribution in [0.2, 0.25) is 5.28 Å². The third-order valence-electron chi connectivity index (χ3n) is 3.37. The van der Waals surface area contributed by atoms with Gasteiger partial charge in [-0.1, -0.05) is 0 Å². The zero-order chi connectivity index (χ0) is 11.8. The van der Waals surface area contributed by atoms with Crippen LogP contribution in [0.4, 0.5) is 5.82 Å². The molecule has 1 N–H and O–H groups in total. The van der Waals surface area contributed by atoms with Crippen LogP contribution in [-0.4, -0.2) is 20.6 Å². The van der Waals surface area contributed by atoms with Gasteiger partial charge in [0.05, 0.1) is 5.52 Å². The van der Waals surface area contributed by atoms with E-state index in [0.29, 0.717) is 11.3 Å². The molecule has 0 aliphatic heterocycles. The van der Waals surface area contributed by atoms with Gasteiger partial charge in [-0.25, -0.2) is 4.98 Å². The zero-order valence-corrected chi connectivity index (χ0v) is 10.5. The Balaban J connectivity index is 2.08. The van der Waals surface area contributed by atoms with Crippen molar-refractivity contribution >= 4 is 28.5 Å². The van der Waals surface area contributed by atoms with E-state index in [0.717, 1.165) is 23.4 Å². The number of halogens is 1. The summed E-state index contributed by atoms with van der Waals surface area (Å²) < 4.78 is 2.15. The predicted molar refractivity (Wildman–Crippen MR) is 69.5 cm³/mol. The van der Waals surface area contributed by atoms with Crippen LogP contribution in [-0.2, 0) is 6.54 Å². The number of hydrogen-bond donors (Lipinski definition) is 1. The lowest BCUT2D eigenvalue weighted by Gasteiger charge is -2.27. The summed E-state index contributed by atoms with van der Waals surface area (Å²) in [4.78, 5) is 8.58. The summed E-state index contributed by atoms with van der Waals surface area (Å²) in [7, 11) is 0. The maximum Gasteiger partial charge on any atom is 0.225 e. The van der Waals surface area contributed by atoms with Crippen molar-refractivity contribution in [3.8, 4) is 0 Å². The number of hydrogen-bond acceptors (Lipinski definition) is 3. The van der Waals surface area contributed by atoms with Gasteiger partial charge in [0.1, 0.15) is 5.52 Å². The molecule has 1 aliphatic rings. The molecular formula is C12H15ClN4. The van der Waals surface area contributed by atoms with Gasteiger partial charge < -0.3 is 9.88 Å². The highest BCUT2D eigenvalue weighted by Gasteiger charge is 2.20. The van der Waals surface area contributed by atoms with Gasteiger partial charge >= 0.3 is 0 Å². The Hall–Kier alpha value is -1.29. The summed E-state index contributed by atoms with van der Waals surface area (Å²) in [5, 5.41) is 3.78. The first-order valence-electron chi connectivity index (χ1n) is 6.07. The van der Waals surface area contributed by atoms with E-state index in [2.05, 4.69) is 26.8 Å². The van der Waals surface area contributed by atoms with Gasteiger partial charge in [0.25, 0.3) is 0 Å². The predicted octanol–water partition coefficient (Wildman–Crippen LogP) is 3.07. The summed E-state index contributed by atoms with van der Waals surface area (Å²) in [6.07, 6.45) is 5.77. The standard InChI is InChI=1S/C12H15ClN4/c1-2-17-7-6-9-10(17)11(16-12(13)15-9)14-8-4-3-5-8/h6-8H,2-5H2,1H3,(H,14,15,16). The van der Waals surface area contributed by atoms with Crippen molar-refractivity contribution in [3.63, 3.8) is 0 Å². The highest BCUT2D eigenvalue weighted by molar-refractivity contribution is 6.28. The van der Waals surface area contributed by atoms with E-state index in [1.807, 2.05) is 12.3 Å². The molecule has 0 bridgehead atoms. The Morgan fingerprint density at radius 1 is 1.47 bits per heavy atom. The highest BCUT2D eigenvalue weighted by Crippen LogP contribution is 2.28. The number of aromatic nitrogens is 3. The van der Waals surface area contributed by atoms with Gasteiger partial charge in [-0.3, -0.25) is 0 Å². The van der Waals surface area contributed by atoms with Crippen molar-refractivity contribution in [1.82, 2.24) is 14.5 Å². The largest absolute Gasteiger partial charge is 0.365 e. The minimum Gasteiger partial charge on any atom is -0.365 e. The topological polar surface area (TPSA) is 42.7 Å². The van der Waals surface area contributed by atoms with Crippen molar-refractivity contribution in [2.45, 2.75) is 38.8 Å². The van der Waals surface area contributed by atoms with E-state index in [-0.39, 0.29) is 0 Å². The molecule has 2 aromatic heterocycles. The fraction of sp³-hybridized carbons (Fsp3) is 0.500. The number of nitrogens with one attached hydrogen (secondary N) is 1. The van der Waals surface area contributed by atoms with Crippen molar-refractivity contribution in [2.75, 3.05) is 5.32 Å². The second kappa shape index (κ2) is 4.18. The van der Waals surface area contributed by atoms with E-state index < -0.39 is 0 Å². The summed E-state index contributed by atoms with van der Waals surface area (Å²) >= 11 is 5.95. The van der Waals surface area contributed by atoms with Crippen LogP contribution in [0.1, 0.15) is 26.2 Å². The lowest BCUT2D eigenvalue weighted by atomic mass is 9.93. The first-order chi connectivity index (χ1) is 8.28. The number of aryl methyl sites for hydroxylation is 1. The summed E-state index contributed by atoms with van der Waals surface area (Å²) in [5.41, 5.74) is 1.97. The quantitative estimate of drug-likeness (QED) is 0.852. The second-order valence-corrected chi connectivity index (χ2v) is 4.79. The van der Waals surface area contributed by atoms with Gasteiger partial charge in [0, 0.05) is 18.8 Å². The first-order valence-corrected chi connectivity index (χ1v) is 6.44. The van der Waals surface area contributed by atoms with Gasteiger partial charge in [-0.05, 0) is 43.9 Å². The molecule has 2 aromatic rings. The molecular weight excluding hydrogens is 236 g/mol. The van der Waals surface area contributed by atoms with Crippen LogP contribution in [0, 0.1) is 0 Å². The maximum absolute atomic E-state index is 5.95. The minimum atomic E-state index is 0.313. The van der Waals surface area contributed by atoms with Gasteiger partial charge in [-0.2, -0.15) is 4.98 Å². The van der Waals surface area contributed by atoms with Crippen molar-refractivity contribution < 1.29 is 0 Å². The molecule has 0 saturated heterocycles. The molecule has 17 heavy (non-hydrogen) atoms. The van der Waals surface area contributed by atoms with Crippen LogP contribution in [0.15, 0.2) is 12.3 Å². The molecule has 2 heterocycles. The summed E-state index contributed by atoms with van der Waals surface area (Å²) in [6.45, 7) is 3.02. The molecule has 1 fully saturated rings. The van der Waals surface area contributed by atoms with E-state index in [1.165, 1.54) is 19.3 Å². The van der Waals surface area contributed by atoms with E-state index in [9.17, 15) is 0 Å². The van der Waals surface area contributed by atoms with Crippen LogP contribution in [0.3, 0.4) is 0 Å². The minimum absolute atomic E-state index is 0.313. The molecule has 0 spiro atoms.